The van der Waals surface area contributed by atoms with Gasteiger partial charge in [0.15, 0.2) is 0 Å². The number of aromatic nitrogens is 2. The summed E-state index contributed by atoms with van der Waals surface area (Å²) in [5.74, 6) is 0.861. The van der Waals surface area contributed by atoms with Gasteiger partial charge >= 0.3 is 0 Å². The lowest BCUT2D eigenvalue weighted by Gasteiger charge is -2.27. The molecule has 7 aromatic rings. The summed E-state index contributed by atoms with van der Waals surface area (Å²) in [7, 11) is 0. The second kappa shape index (κ2) is 10.0. The van der Waals surface area contributed by atoms with E-state index in [0.717, 1.165) is 55.3 Å². The second-order valence-corrected chi connectivity index (χ2v) is 10.6. The highest BCUT2D eigenvalue weighted by Gasteiger charge is 2.27. The fourth-order valence-corrected chi connectivity index (χ4v) is 5.93. The van der Waals surface area contributed by atoms with Crippen LogP contribution in [0.25, 0.3) is 27.6 Å². The number of rotatable bonds is 5. The van der Waals surface area contributed by atoms with Gasteiger partial charge in [-0.25, -0.2) is 10.0 Å². The van der Waals surface area contributed by atoms with Crippen molar-refractivity contribution in [3.05, 3.63) is 145 Å². The maximum absolute atomic E-state index is 8.04. The number of hydrogen-bond acceptors (Lipinski definition) is 5. The molecule has 0 N–H and O–H groups in total. The number of aryl methyl sites for hydroxylation is 1. The summed E-state index contributed by atoms with van der Waals surface area (Å²) in [6.07, 6.45) is 1.85. The highest BCUT2D eigenvalue weighted by Crippen LogP contribution is 2.44. The minimum atomic E-state index is -2.47. The molecule has 1 aliphatic rings. The molecule has 0 fully saturated rings. The van der Waals surface area contributed by atoms with Crippen molar-refractivity contribution in [1.29, 1.82) is 0 Å². The zero-order chi connectivity index (χ0) is 31.4. The molecule has 0 saturated heterocycles. The zero-order valence-electron chi connectivity index (χ0n) is 26.4. The zero-order valence-corrected chi connectivity index (χ0v) is 23.4. The van der Waals surface area contributed by atoms with Gasteiger partial charge in [0.25, 0.3) is 0 Å². The number of anilines is 6. The van der Waals surface area contributed by atoms with E-state index in [4.69, 9.17) is 14.0 Å². The van der Waals surface area contributed by atoms with Crippen LogP contribution in [0.1, 0.15) is 9.68 Å². The summed E-state index contributed by atoms with van der Waals surface area (Å²) in [6, 6.07) is 44.4. The topological polar surface area (TPSA) is 36.8 Å². The second-order valence-electron chi connectivity index (χ2n) is 10.6. The van der Waals surface area contributed by atoms with Crippen molar-refractivity contribution in [3.63, 3.8) is 0 Å². The first-order valence-corrected chi connectivity index (χ1v) is 14.2. The van der Waals surface area contributed by atoms with E-state index in [2.05, 4.69) is 77.1 Å². The summed E-state index contributed by atoms with van der Waals surface area (Å²) in [6.45, 7) is -0.396. The fourth-order valence-electron chi connectivity index (χ4n) is 5.93. The molecule has 208 valence electrons. The number of nitrogens with zero attached hydrogens (tertiary/aromatic N) is 5. The van der Waals surface area contributed by atoms with Crippen molar-refractivity contribution >= 4 is 55.9 Å². The van der Waals surface area contributed by atoms with Crippen molar-refractivity contribution in [2.45, 2.75) is 6.92 Å². The van der Waals surface area contributed by atoms with Crippen molar-refractivity contribution in [1.82, 2.24) is 9.55 Å². The number of hydroxylamine groups is 1. The van der Waals surface area contributed by atoms with Crippen LogP contribution < -0.4 is 15.0 Å². The van der Waals surface area contributed by atoms with Crippen molar-refractivity contribution in [2.24, 2.45) is 0 Å². The standard InChI is InChI=1S/C37H29N5O/c1-26-21-22-38-37(23-26)41-33-16-7-6-15-31(33)32-20-19-29(25-36(32)41)40(27-11-4-3-5-12-27)28-13-10-14-30(24-28)42-35-18-9-8-17-34(35)39(2)43-42/h3-25H,1-2H3/i2D3. The molecule has 0 atom stereocenters. The van der Waals surface area contributed by atoms with Crippen molar-refractivity contribution in [2.75, 3.05) is 22.0 Å². The number of pyridine rings is 1. The molecule has 43 heavy (non-hydrogen) atoms. The predicted molar refractivity (Wildman–Crippen MR) is 176 cm³/mol. The Morgan fingerprint density at radius 1 is 0.651 bits per heavy atom. The van der Waals surface area contributed by atoms with Gasteiger partial charge in [0.2, 0.25) is 0 Å². The maximum atomic E-state index is 8.04. The van der Waals surface area contributed by atoms with Gasteiger partial charge in [-0.1, -0.05) is 60.7 Å². The van der Waals surface area contributed by atoms with Crippen LogP contribution in [0.15, 0.2) is 140 Å². The molecule has 0 radical (unpaired) electrons. The van der Waals surface area contributed by atoms with Gasteiger partial charge in [-0.05, 0) is 85.3 Å². The molecule has 6 heteroatoms. The lowest BCUT2D eigenvalue weighted by Crippen LogP contribution is -2.21. The van der Waals surface area contributed by atoms with Crippen LogP contribution in [0, 0.1) is 6.92 Å². The van der Waals surface area contributed by atoms with E-state index in [1.165, 1.54) is 0 Å². The first kappa shape index (κ1) is 22.1. The Bertz CT molecular complexity index is 2230. The third-order valence-corrected chi connectivity index (χ3v) is 7.87. The molecule has 2 aromatic heterocycles. The molecule has 0 spiro atoms. The smallest absolute Gasteiger partial charge is 0.137 e. The van der Waals surface area contributed by atoms with Gasteiger partial charge in [0.1, 0.15) is 5.82 Å². The van der Waals surface area contributed by atoms with E-state index >= 15 is 0 Å². The van der Waals surface area contributed by atoms with E-state index in [1.807, 2.05) is 66.9 Å². The third-order valence-electron chi connectivity index (χ3n) is 7.87. The number of hydrogen-bond donors (Lipinski definition) is 0. The van der Waals surface area contributed by atoms with Crippen molar-refractivity contribution < 1.29 is 9.05 Å². The molecule has 0 amide bonds. The van der Waals surface area contributed by atoms with Gasteiger partial charge in [-0.3, -0.25) is 4.57 Å². The van der Waals surface area contributed by atoms with E-state index < -0.39 is 6.98 Å². The maximum Gasteiger partial charge on any atom is 0.137 e. The van der Waals surface area contributed by atoms with Crippen LogP contribution in [0.4, 0.5) is 34.1 Å². The average Bonchev–Trinajstić information content (AvgIpc) is 3.62. The fraction of sp³-hybridized carbons (Fsp3) is 0.0541. The lowest BCUT2D eigenvalue weighted by atomic mass is 10.1. The molecule has 0 saturated carbocycles. The Hall–Kier alpha value is -5.59. The Morgan fingerprint density at radius 3 is 2.26 bits per heavy atom. The molecular formula is C37H29N5O. The van der Waals surface area contributed by atoms with Crippen LogP contribution in [-0.2, 0) is 4.94 Å². The first-order valence-electron chi connectivity index (χ1n) is 15.7. The predicted octanol–water partition coefficient (Wildman–Crippen LogP) is 9.39. The lowest BCUT2D eigenvalue weighted by molar-refractivity contribution is 0.142. The van der Waals surface area contributed by atoms with E-state index in [1.54, 1.807) is 17.2 Å². The summed E-state index contributed by atoms with van der Waals surface area (Å²) in [5, 5.41) is 4.84. The largest absolute Gasteiger partial charge is 0.310 e. The molecule has 3 heterocycles. The number of para-hydroxylation sites is 4. The van der Waals surface area contributed by atoms with E-state index in [9.17, 15) is 0 Å². The Balaban J connectivity index is 1.30. The Morgan fingerprint density at radius 2 is 1.40 bits per heavy atom. The molecule has 8 rings (SSSR count). The van der Waals surface area contributed by atoms with Crippen LogP contribution in [0.3, 0.4) is 0 Å². The minimum Gasteiger partial charge on any atom is -0.310 e. The highest BCUT2D eigenvalue weighted by atomic mass is 16.8. The van der Waals surface area contributed by atoms with Crippen LogP contribution in [-0.4, -0.2) is 16.5 Å². The monoisotopic (exact) mass is 562 g/mol. The summed E-state index contributed by atoms with van der Waals surface area (Å²) >= 11 is 0. The third kappa shape index (κ3) is 4.19. The molecule has 1 aliphatic heterocycles. The summed E-state index contributed by atoms with van der Waals surface area (Å²) in [4.78, 5) is 12.9. The van der Waals surface area contributed by atoms with Crippen molar-refractivity contribution in [3.8, 4) is 5.82 Å². The quantitative estimate of drug-likeness (QED) is 0.209. The molecule has 6 nitrogen and oxygen atoms in total. The number of benzene rings is 5. The molecule has 0 aliphatic carbocycles. The van der Waals surface area contributed by atoms with Gasteiger partial charge < -0.3 is 4.90 Å². The van der Waals surface area contributed by atoms with Gasteiger partial charge in [0, 0.05) is 45.1 Å². The molecule has 0 unspecified atom stereocenters. The van der Waals surface area contributed by atoms with Gasteiger partial charge in [-0.15, -0.1) is 4.94 Å². The molecule has 0 bridgehead atoms. The normalized spacial score (nSPS) is 14.0. The SMILES string of the molecule is [2H]C([2H])([2H])N1ON(c2cccc(N(c3ccccc3)c3ccc4c5ccccc5n(-c5cc(C)ccn5)c4c3)c2)c2ccccc21. The van der Waals surface area contributed by atoms with Crippen LogP contribution in [0.2, 0.25) is 0 Å². The van der Waals surface area contributed by atoms with E-state index in [0.29, 0.717) is 17.1 Å². The Labute approximate surface area is 254 Å². The Kier molecular flexibility index (Phi) is 5.16. The average molecular weight is 563 g/mol. The van der Waals surface area contributed by atoms with Gasteiger partial charge in [-0.2, -0.15) is 5.06 Å². The molecule has 5 aromatic carbocycles. The highest BCUT2D eigenvalue weighted by molar-refractivity contribution is 6.10. The first-order chi connectivity index (χ1) is 22.4. The molecular weight excluding hydrogens is 530 g/mol. The van der Waals surface area contributed by atoms with Crippen LogP contribution >= 0.6 is 0 Å². The number of fused-ring (bicyclic) bond motifs is 4. The minimum absolute atomic E-state index is 0.482. The summed E-state index contributed by atoms with van der Waals surface area (Å²) < 4.78 is 26.3. The van der Waals surface area contributed by atoms with Crippen LogP contribution in [0.5, 0.6) is 0 Å². The van der Waals surface area contributed by atoms with Gasteiger partial charge in [0.05, 0.1) is 28.1 Å². The van der Waals surface area contributed by atoms with E-state index in [-0.39, 0.29) is 0 Å². The summed E-state index contributed by atoms with van der Waals surface area (Å²) in [5.41, 5.74) is 7.90.